The van der Waals surface area contributed by atoms with Crippen LogP contribution in [0, 0.1) is 11.6 Å². The number of ether oxygens (including phenoxy) is 1. The molecular weight excluding hydrogens is 226 g/mol. The van der Waals surface area contributed by atoms with Gasteiger partial charge < -0.3 is 4.74 Å². The summed E-state index contributed by atoms with van der Waals surface area (Å²) in [4.78, 5) is 0. The molecule has 0 aromatic heterocycles. The number of rotatable bonds is 7. The van der Waals surface area contributed by atoms with Crippen LogP contribution < -0.4 is 15.6 Å². The van der Waals surface area contributed by atoms with E-state index in [-0.39, 0.29) is 6.10 Å². The topological polar surface area (TPSA) is 33.3 Å². The second-order valence-corrected chi connectivity index (χ2v) is 3.47. The average molecular weight is 242 g/mol. The van der Waals surface area contributed by atoms with Gasteiger partial charge in [0, 0.05) is 19.0 Å². The maximum Gasteiger partial charge on any atom is 0.162 e. The van der Waals surface area contributed by atoms with Gasteiger partial charge in [-0.2, -0.15) is 0 Å². The molecule has 17 heavy (non-hydrogen) atoms. The molecule has 0 amide bonds. The molecule has 3 nitrogen and oxygen atoms in total. The first-order valence-electron chi connectivity index (χ1n) is 5.29. The van der Waals surface area contributed by atoms with Crippen molar-refractivity contribution in [2.45, 2.75) is 12.5 Å². The van der Waals surface area contributed by atoms with Gasteiger partial charge >= 0.3 is 0 Å². The predicted molar refractivity (Wildman–Crippen MR) is 62.7 cm³/mol. The summed E-state index contributed by atoms with van der Waals surface area (Å²) in [5.74, 6) is -1.50. The van der Waals surface area contributed by atoms with Crippen LogP contribution in [0.2, 0.25) is 0 Å². The monoisotopic (exact) mass is 242 g/mol. The Bertz CT molecular complexity index is 372. The first kappa shape index (κ1) is 13.6. The van der Waals surface area contributed by atoms with Crippen molar-refractivity contribution in [2.24, 2.45) is 0 Å². The van der Waals surface area contributed by atoms with E-state index in [2.05, 4.69) is 17.4 Å². The highest BCUT2D eigenvalue weighted by Crippen LogP contribution is 2.17. The fraction of sp³-hybridized carbons (Fsp3) is 0.333. The summed E-state index contributed by atoms with van der Waals surface area (Å²) in [6.07, 6.45) is 2.13. The van der Waals surface area contributed by atoms with E-state index in [1.165, 1.54) is 6.07 Å². The fourth-order valence-corrected chi connectivity index (χ4v) is 1.32. The normalized spacial score (nSPS) is 12.2. The van der Waals surface area contributed by atoms with E-state index in [4.69, 9.17) is 4.74 Å². The molecule has 94 valence electrons. The van der Waals surface area contributed by atoms with Crippen molar-refractivity contribution in [1.82, 2.24) is 10.9 Å². The molecule has 2 N–H and O–H groups in total. The second kappa shape index (κ2) is 6.98. The van der Waals surface area contributed by atoms with Crippen molar-refractivity contribution in [3.05, 3.63) is 42.5 Å². The van der Waals surface area contributed by atoms with E-state index in [0.717, 1.165) is 12.1 Å². The van der Waals surface area contributed by atoms with Crippen LogP contribution in [-0.2, 0) is 0 Å². The van der Waals surface area contributed by atoms with Crippen LogP contribution >= 0.6 is 0 Å². The van der Waals surface area contributed by atoms with Gasteiger partial charge in [-0.3, -0.25) is 10.9 Å². The lowest BCUT2D eigenvalue weighted by molar-refractivity contribution is 0.195. The largest absolute Gasteiger partial charge is 0.489 e. The van der Waals surface area contributed by atoms with Crippen LogP contribution in [0.15, 0.2) is 30.9 Å². The molecule has 0 spiro atoms. The van der Waals surface area contributed by atoms with Crippen LogP contribution in [0.3, 0.4) is 0 Å². The third-order valence-electron chi connectivity index (χ3n) is 2.13. The van der Waals surface area contributed by atoms with Gasteiger partial charge in [0.05, 0.1) is 0 Å². The fourth-order valence-electron chi connectivity index (χ4n) is 1.32. The van der Waals surface area contributed by atoms with Crippen LogP contribution in [0.25, 0.3) is 0 Å². The summed E-state index contributed by atoms with van der Waals surface area (Å²) in [5, 5.41) is 0. The molecule has 1 unspecified atom stereocenters. The predicted octanol–water partition coefficient (Wildman–Crippen LogP) is 2.01. The number of halogens is 2. The first-order chi connectivity index (χ1) is 8.17. The van der Waals surface area contributed by atoms with Gasteiger partial charge in [0.25, 0.3) is 0 Å². The first-order valence-corrected chi connectivity index (χ1v) is 5.29. The van der Waals surface area contributed by atoms with Crippen molar-refractivity contribution in [3.63, 3.8) is 0 Å². The summed E-state index contributed by atoms with van der Waals surface area (Å²) in [7, 11) is 1.74. The lowest BCUT2D eigenvalue weighted by atomic mass is 10.2. The molecule has 0 aliphatic carbocycles. The summed E-state index contributed by atoms with van der Waals surface area (Å²) in [6, 6.07) is 3.47. The number of hydrogen-bond donors (Lipinski definition) is 2. The Kier molecular flexibility index (Phi) is 5.59. The molecule has 0 aliphatic rings. The molecule has 0 saturated heterocycles. The third kappa shape index (κ3) is 4.50. The Hall–Kier alpha value is -1.46. The van der Waals surface area contributed by atoms with E-state index in [1.807, 2.05) is 0 Å². The maximum absolute atomic E-state index is 13.0. The molecule has 0 radical (unpaired) electrons. The van der Waals surface area contributed by atoms with Crippen LogP contribution in [0.5, 0.6) is 5.75 Å². The zero-order valence-corrected chi connectivity index (χ0v) is 9.67. The highest BCUT2D eigenvalue weighted by molar-refractivity contribution is 5.24. The molecule has 1 rings (SSSR count). The lowest BCUT2D eigenvalue weighted by Crippen LogP contribution is -2.37. The van der Waals surface area contributed by atoms with E-state index in [9.17, 15) is 8.78 Å². The number of nitrogens with one attached hydrogen (secondary N) is 2. The summed E-state index contributed by atoms with van der Waals surface area (Å²) >= 11 is 0. The summed E-state index contributed by atoms with van der Waals surface area (Å²) in [6.45, 7) is 4.15. The molecule has 1 atom stereocenters. The standard InChI is InChI=1S/C12H16F2N2O/c1-3-4-10(8-16-15-2)17-9-5-6-11(13)12(14)7-9/h3,5-7,10,15-16H,1,4,8H2,2H3. The van der Waals surface area contributed by atoms with Gasteiger partial charge in [0.1, 0.15) is 11.9 Å². The molecule has 0 heterocycles. The Morgan fingerprint density at radius 3 is 2.76 bits per heavy atom. The van der Waals surface area contributed by atoms with Crippen molar-refractivity contribution < 1.29 is 13.5 Å². The summed E-state index contributed by atoms with van der Waals surface area (Å²) in [5.41, 5.74) is 5.65. The maximum atomic E-state index is 13.0. The number of hydrogen-bond acceptors (Lipinski definition) is 3. The van der Waals surface area contributed by atoms with E-state index in [0.29, 0.717) is 18.7 Å². The van der Waals surface area contributed by atoms with E-state index < -0.39 is 11.6 Å². The van der Waals surface area contributed by atoms with Crippen LogP contribution in [0.4, 0.5) is 8.78 Å². The van der Waals surface area contributed by atoms with Crippen LogP contribution in [-0.4, -0.2) is 19.7 Å². The van der Waals surface area contributed by atoms with Gasteiger partial charge in [-0.1, -0.05) is 6.08 Å². The molecule has 1 aromatic rings. The highest BCUT2D eigenvalue weighted by Gasteiger charge is 2.10. The zero-order chi connectivity index (χ0) is 12.7. The molecular formula is C12H16F2N2O. The minimum absolute atomic E-state index is 0.190. The van der Waals surface area contributed by atoms with Crippen molar-refractivity contribution >= 4 is 0 Å². The van der Waals surface area contributed by atoms with Crippen molar-refractivity contribution in [2.75, 3.05) is 13.6 Å². The average Bonchev–Trinajstić information content (AvgIpc) is 2.31. The number of hydrazine groups is 1. The van der Waals surface area contributed by atoms with E-state index >= 15 is 0 Å². The van der Waals surface area contributed by atoms with Gasteiger partial charge in [-0.25, -0.2) is 8.78 Å². The summed E-state index contributed by atoms with van der Waals surface area (Å²) < 4.78 is 31.2. The second-order valence-electron chi connectivity index (χ2n) is 3.47. The number of benzene rings is 1. The highest BCUT2D eigenvalue weighted by atomic mass is 19.2. The zero-order valence-electron chi connectivity index (χ0n) is 9.67. The van der Waals surface area contributed by atoms with Crippen molar-refractivity contribution in [1.29, 1.82) is 0 Å². The van der Waals surface area contributed by atoms with Crippen molar-refractivity contribution in [3.8, 4) is 5.75 Å². The van der Waals surface area contributed by atoms with E-state index in [1.54, 1.807) is 13.1 Å². The van der Waals surface area contributed by atoms with Crippen LogP contribution in [0.1, 0.15) is 6.42 Å². The molecule has 0 aliphatic heterocycles. The van der Waals surface area contributed by atoms with Gasteiger partial charge in [-0.05, 0) is 19.2 Å². The molecule has 1 aromatic carbocycles. The Labute approximate surface area is 99.4 Å². The Morgan fingerprint density at radius 2 is 2.18 bits per heavy atom. The molecule has 0 bridgehead atoms. The van der Waals surface area contributed by atoms with Gasteiger partial charge in [0.15, 0.2) is 11.6 Å². The smallest absolute Gasteiger partial charge is 0.162 e. The molecule has 5 heteroatoms. The Balaban J connectivity index is 2.64. The third-order valence-corrected chi connectivity index (χ3v) is 2.13. The molecule has 0 saturated carbocycles. The molecule has 0 fully saturated rings. The minimum atomic E-state index is -0.915. The van der Waals surface area contributed by atoms with Gasteiger partial charge in [0.2, 0.25) is 0 Å². The Morgan fingerprint density at radius 1 is 1.41 bits per heavy atom. The minimum Gasteiger partial charge on any atom is -0.489 e. The van der Waals surface area contributed by atoms with Gasteiger partial charge in [-0.15, -0.1) is 6.58 Å². The SMILES string of the molecule is C=CCC(CNNC)Oc1ccc(F)c(F)c1. The quantitative estimate of drug-likeness (QED) is 0.567. The lowest BCUT2D eigenvalue weighted by Gasteiger charge is -2.18.